The van der Waals surface area contributed by atoms with Crippen LogP contribution in [0.5, 0.6) is 5.75 Å². The van der Waals surface area contributed by atoms with Gasteiger partial charge in [-0.1, -0.05) is 12.1 Å². The van der Waals surface area contributed by atoms with Crippen molar-refractivity contribution in [3.05, 3.63) is 29.8 Å². The minimum absolute atomic E-state index is 0.0100. The molecular formula is C13H13F6NO. The van der Waals surface area contributed by atoms with Crippen LogP contribution in [0.1, 0.15) is 31.4 Å². The Kier molecular flexibility index (Phi) is 3.86. The third kappa shape index (κ3) is 3.81. The van der Waals surface area contributed by atoms with E-state index < -0.39 is 29.9 Å². The van der Waals surface area contributed by atoms with Crippen molar-refractivity contribution in [2.24, 2.45) is 0 Å². The quantitative estimate of drug-likeness (QED) is 0.835. The zero-order valence-corrected chi connectivity index (χ0v) is 11.0. The second-order valence-electron chi connectivity index (χ2n) is 5.06. The van der Waals surface area contributed by atoms with Gasteiger partial charge in [0.2, 0.25) is 0 Å². The maximum Gasteiger partial charge on any atom is 0.573 e. The Balaban J connectivity index is 2.02. The molecule has 1 aliphatic rings. The van der Waals surface area contributed by atoms with Gasteiger partial charge < -0.3 is 4.74 Å². The van der Waals surface area contributed by atoms with E-state index >= 15 is 0 Å². The van der Waals surface area contributed by atoms with Crippen molar-refractivity contribution in [2.75, 3.05) is 0 Å². The molecule has 2 nitrogen and oxygen atoms in total. The van der Waals surface area contributed by atoms with Gasteiger partial charge in [0.15, 0.2) is 0 Å². The lowest BCUT2D eigenvalue weighted by atomic mass is 10.1. The van der Waals surface area contributed by atoms with Crippen molar-refractivity contribution in [3.63, 3.8) is 0 Å². The highest BCUT2D eigenvalue weighted by Crippen LogP contribution is 2.50. The molecule has 8 heteroatoms. The van der Waals surface area contributed by atoms with Gasteiger partial charge in [0.05, 0.1) is 0 Å². The van der Waals surface area contributed by atoms with Gasteiger partial charge in [-0.3, -0.25) is 5.32 Å². The van der Waals surface area contributed by atoms with Crippen molar-refractivity contribution in [1.82, 2.24) is 5.32 Å². The number of hydrogen-bond acceptors (Lipinski definition) is 2. The molecule has 1 N–H and O–H groups in total. The number of benzene rings is 1. The molecule has 0 radical (unpaired) electrons. The van der Waals surface area contributed by atoms with Crippen molar-refractivity contribution in [2.45, 2.75) is 43.9 Å². The van der Waals surface area contributed by atoms with Crippen molar-refractivity contribution >= 4 is 0 Å². The molecule has 21 heavy (non-hydrogen) atoms. The Morgan fingerprint density at radius 1 is 1.05 bits per heavy atom. The number of ether oxygens (including phenoxy) is 1. The third-order valence-corrected chi connectivity index (χ3v) is 3.40. The summed E-state index contributed by atoms with van der Waals surface area (Å²) in [6, 6.07) is 4.15. The van der Waals surface area contributed by atoms with Crippen molar-refractivity contribution in [1.29, 1.82) is 0 Å². The van der Waals surface area contributed by atoms with Crippen LogP contribution in [-0.4, -0.2) is 18.1 Å². The maximum absolute atomic E-state index is 12.8. The first-order valence-corrected chi connectivity index (χ1v) is 6.23. The third-order valence-electron chi connectivity index (χ3n) is 3.40. The summed E-state index contributed by atoms with van der Waals surface area (Å²) in [4.78, 5) is 0. The first kappa shape index (κ1) is 15.9. The summed E-state index contributed by atoms with van der Waals surface area (Å²) in [5, 5.41) is 2.50. The summed E-state index contributed by atoms with van der Waals surface area (Å²) >= 11 is 0. The zero-order chi connectivity index (χ0) is 15.9. The number of rotatable bonds is 4. The molecule has 2 rings (SSSR count). The largest absolute Gasteiger partial charge is 0.573 e. The lowest BCUT2D eigenvalue weighted by Gasteiger charge is -2.25. The molecule has 1 atom stereocenters. The van der Waals surface area contributed by atoms with Gasteiger partial charge in [-0.05, 0) is 37.5 Å². The molecular weight excluding hydrogens is 300 g/mol. The summed E-state index contributed by atoms with van der Waals surface area (Å²) < 4.78 is 78.2. The summed E-state index contributed by atoms with van der Waals surface area (Å²) in [6.07, 6.45) is -9.10. The zero-order valence-electron chi connectivity index (χ0n) is 11.0. The minimum atomic E-state index is -4.79. The second-order valence-corrected chi connectivity index (χ2v) is 5.06. The lowest BCUT2D eigenvalue weighted by molar-refractivity contribution is -0.274. The van der Waals surface area contributed by atoms with Crippen LogP contribution in [0.15, 0.2) is 24.3 Å². The van der Waals surface area contributed by atoms with Gasteiger partial charge in [0.1, 0.15) is 11.3 Å². The Morgan fingerprint density at radius 2 is 1.57 bits per heavy atom. The Hall–Kier alpha value is -1.44. The van der Waals surface area contributed by atoms with Crippen LogP contribution in [0, 0.1) is 0 Å². The van der Waals surface area contributed by atoms with E-state index in [0.29, 0.717) is 5.56 Å². The van der Waals surface area contributed by atoms with E-state index in [1.54, 1.807) is 0 Å². The predicted molar refractivity (Wildman–Crippen MR) is 62.7 cm³/mol. The summed E-state index contributed by atoms with van der Waals surface area (Å²) in [5.41, 5.74) is -1.41. The Labute approximate surface area is 117 Å². The summed E-state index contributed by atoms with van der Waals surface area (Å²) in [5.74, 6) is -0.407. The number of halogens is 6. The average molecular weight is 313 g/mol. The minimum Gasteiger partial charge on any atom is -0.406 e. The Morgan fingerprint density at radius 3 is 1.95 bits per heavy atom. The highest BCUT2D eigenvalue weighted by Gasteiger charge is 2.63. The van der Waals surface area contributed by atoms with Crippen LogP contribution in [0.4, 0.5) is 26.3 Å². The van der Waals surface area contributed by atoms with E-state index in [0.717, 1.165) is 12.1 Å². The lowest BCUT2D eigenvalue weighted by Crippen LogP contribution is -2.45. The highest BCUT2D eigenvalue weighted by atomic mass is 19.4. The van der Waals surface area contributed by atoms with Crippen LogP contribution in [0.25, 0.3) is 0 Å². The van der Waals surface area contributed by atoms with E-state index in [-0.39, 0.29) is 12.8 Å². The van der Waals surface area contributed by atoms with Gasteiger partial charge >= 0.3 is 12.5 Å². The highest BCUT2D eigenvalue weighted by molar-refractivity contribution is 5.29. The second kappa shape index (κ2) is 5.08. The fourth-order valence-corrected chi connectivity index (χ4v) is 2.09. The van der Waals surface area contributed by atoms with E-state index in [1.165, 1.54) is 19.1 Å². The molecule has 1 aromatic rings. The van der Waals surface area contributed by atoms with Crippen LogP contribution < -0.4 is 10.1 Å². The molecule has 0 heterocycles. The fraction of sp³-hybridized carbons (Fsp3) is 0.538. The monoisotopic (exact) mass is 313 g/mol. The SMILES string of the molecule is CC(NC1(C(F)(F)F)CC1)c1ccc(OC(F)(F)F)cc1. The van der Waals surface area contributed by atoms with Crippen LogP contribution in [-0.2, 0) is 0 Å². The molecule has 0 aromatic heterocycles. The molecule has 1 aromatic carbocycles. The van der Waals surface area contributed by atoms with E-state index in [2.05, 4.69) is 10.1 Å². The molecule has 0 saturated heterocycles. The molecule has 118 valence electrons. The van der Waals surface area contributed by atoms with Crippen molar-refractivity contribution in [3.8, 4) is 5.75 Å². The molecule has 0 aliphatic heterocycles. The molecule has 1 saturated carbocycles. The van der Waals surface area contributed by atoms with Crippen LogP contribution in [0.3, 0.4) is 0 Å². The molecule has 1 fully saturated rings. The average Bonchev–Trinajstić information content (AvgIpc) is 3.08. The first-order valence-electron chi connectivity index (χ1n) is 6.23. The summed E-state index contributed by atoms with van der Waals surface area (Å²) in [7, 11) is 0. The van der Waals surface area contributed by atoms with Crippen LogP contribution in [0.2, 0.25) is 0 Å². The number of hydrogen-bond donors (Lipinski definition) is 1. The van der Waals surface area contributed by atoms with E-state index in [1.807, 2.05) is 0 Å². The number of alkyl halides is 6. The topological polar surface area (TPSA) is 21.3 Å². The van der Waals surface area contributed by atoms with Gasteiger partial charge in [0, 0.05) is 6.04 Å². The van der Waals surface area contributed by atoms with Crippen molar-refractivity contribution < 1.29 is 31.1 Å². The van der Waals surface area contributed by atoms with E-state index in [4.69, 9.17) is 0 Å². The number of nitrogens with one attached hydrogen (secondary N) is 1. The molecule has 1 aliphatic carbocycles. The van der Waals surface area contributed by atoms with E-state index in [9.17, 15) is 26.3 Å². The standard InChI is InChI=1S/C13H13F6NO/c1-8(20-11(6-7-11)12(14,15)16)9-2-4-10(5-3-9)21-13(17,18)19/h2-5,8,20H,6-7H2,1H3. The maximum atomic E-state index is 12.8. The smallest absolute Gasteiger partial charge is 0.406 e. The fourth-order valence-electron chi connectivity index (χ4n) is 2.09. The summed E-state index contributed by atoms with van der Waals surface area (Å²) in [6.45, 7) is 1.53. The van der Waals surface area contributed by atoms with Gasteiger partial charge in [-0.25, -0.2) is 0 Å². The predicted octanol–water partition coefficient (Wildman–Crippen LogP) is 4.33. The first-order chi connectivity index (χ1) is 9.52. The molecule has 0 amide bonds. The normalized spacial score (nSPS) is 19.2. The Bertz CT molecular complexity index is 489. The molecule has 0 bridgehead atoms. The van der Waals surface area contributed by atoms with Crippen LogP contribution >= 0.6 is 0 Å². The van der Waals surface area contributed by atoms with Gasteiger partial charge in [-0.15, -0.1) is 13.2 Å². The van der Waals surface area contributed by atoms with Gasteiger partial charge in [-0.2, -0.15) is 13.2 Å². The molecule has 0 spiro atoms. The van der Waals surface area contributed by atoms with Gasteiger partial charge in [0.25, 0.3) is 0 Å². The molecule has 1 unspecified atom stereocenters.